The third-order valence-corrected chi connectivity index (χ3v) is 4.79. The molecule has 0 spiro atoms. The van der Waals surface area contributed by atoms with Crippen molar-refractivity contribution in [3.05, 3.63) is 59.5 Å². The predicted octanol–water partition coefficient (Wildman–Crippen LogP) is 4.69. The number of imidazole rings is 1. The van der Waals surface area contributed by atoms with Gasteiger partial charge in [0.1, 0.15) is 11.3 Å². The smallest absolute Gasteiger partial charge is 0.274 e. The molecule has 1 N–H and O–H groups in total. The Bertz CT molecular complexity index is 923. The van der Waals surface area contributed by atoms with Gasteiger partial charge in [0.25, 0.3) is 5.91 Å². The van der Waals surface area contributed by atoms with Crippen molar-refractivity contribution >= 4 is 22.9 Å². The number of pyridine rings is 1. The number of carbonyl (C=O) groups is 1. The summed E-state index contributed by atoms with van der Waals surface area (Å²) >= 11 is 0. The molecule has 0 aliphatic heterocycles. The number of rotatable bonds is 7. The lowest BCUT2D eigenvalue weighted by atomic mass is 10.2. The van der Waals surface area contributed by atoms with E-state index >= 15 is 0 Å². The van der Waals surface area contributed by atoms with Crippen LogP contribution in [0.3, 0.4) is 0 Å². The van der Waals surface area contributed by atoms with Crippen LogP contribution in [-0.2, 0) is 6.42 Å². The number of aryl methyl sites for hydroxylation is 2. The second-order valence-corrected chi connectivity index (χ2v) is 6.77. The third kappa shape index (κ3) is 3.97. The van der Waals surface area contributed by atoms with Crippen LogP contribution in [0.4, 0.5) is 11.4 Å². The molecule has 3 rings (SSSR count). The molecule has 0 aliphatic rings. The molecule has 0 unspecified atom stereocenters. The third-order valence-electron chi connectivity index (χ3n) is 4.79. The Morgan fingerprint density at radius 1 is 1.07 bits per heavy atom. The van der Waals surface area contributed by atoms with E-state index in [0.29, 0.717) is 5.69 Å². The molecule has 0 saturated heterocycles. The van der Waals surface area contributed by atoms with Gasteiger partial charge >= 0.3 is 0 Å². The summed E-state index contributed by atoms with van der Waals surface area (Å²) in [4.78, 5) is 20.0. The fourth-order valence-electron chi connectivity index (χ4n) is 3.39. The quantitative estimate of drug-likeness (QED) is 0.661. The molecule has 27 heavy (non-hydrogen) atoms. The summed E-state index contributed by atoms with van der Waals surface area (Å²) in [6.07, 6.45) is 3.70. The van der Waals surface area contributed by atoms with Crippen molar-refractivity contribution < 1.29 is 4.79 Å². The van der Waals surface area contributed by atoms with Crippen LogP contribution in [0.15, 0.2) is 42.6 Å². The topological polar surface area (TPSA) is 49.6 Å². The molecule has 2 heterocycles. The molecule has 0 atom stereocenters. The van der Waals surface area contributed by atoms with E-state index < -0.39 is 0 Å². The second kappa shape index (κ2) is 8.25. The SMILES string of the molecule is CCCc1nc2ccc(C)cn2c1C(=O)Nc1ccc(N(CC)CC)cc1. The molecule has 0 aliphatic carbocycles. The van der Waals surface area contributed by atoms with Gasteiger partial charge in [-0.3, -0.25) is 9.20 Å². The van der Waals surface area contributed by atoms with Crippen molar-refractivity contribution in [2.75, 3.05) is 23.3 Å². The highest BCUT2D eigenvalue weighted by molar-refractivity contribution is 6.04. The standard InChI is InChI=1S/C22H28N4O/c1-5-8-19-21(26-15-16(4)9-14-20(26)24-19)22(27)23-17-10-12-18(13-11-17)25(6-2)7-3/h9-15H,5-8H2,1-4H3,(H,23,27). The van der Waals surface area contributed by atoms with Gasteiger partial charge in [0.2, 0.25) is 0 Å². The summed E-state index contributed by atoms with van der Waals surface area (Å²) in [6, 6.07) is 12.0. The van der Waals surface area contributed by atoms with Gasteiger partial charge in [-0.25, -0.2) is 4.98 Å². The second-order valence-electron chi connectivity index (χ2n) is 6.77. The van der Waals surface area contributed by atoms with Gasteiger partial charge in [0.05, 0.1) is 5.69 Å². The van der Waals surface area contributed by atoms with Gasteiger partial charge in [-0.2, -0.15) is 0 Å². The normalized spacial score (nSPS) is 11.0. The van der Waals surface area contributed by atoms with Crippen LogP contribution < -0.4 is 10.2 Å². The number of benzene rings is 1. The molecule has 142 valence electrons. The van der Waals surface area contributed by atoms with Crippen molar-refractivity contribution in [1.82, 2.24) is 9.38 Å². The van der Waals surface area contributed by atoms with E-state index in [9.17, 15) is 4.79 Å². The summed E-state index contributed by atoms with van der Waals surface area (Å²) in [5.41, 5.74) is 5.34. The van der Waals surface area contributed by atoms with Gasteiger partial charge in [0, 0.05) is 30.7 Å². The number of amides is 1. The number of hydrogen-bond donors (Lipinski definition) is 1. The molecule has 3 aromatic rings. The van der Waals surface area contributed by atoms with Gasteiger partial charge in [-0.15, -0.1) is 0 Å². The zero-order chi connectivity index (χ0) is 19.4. The molecule has 2 aromatic heterocycles. The molecule has 0 fully saturated rings. The zero-order valence-electron chi connectivity index (χ0n) is 16.6. The average molecular weight is 364 g/mol. The summed E-state index contributed by atoms with van der Waals surface area (Å²) in [7, 11) is 0. The number of aromatic nitrogens is 2. The maximum absolute atomic E-state index is 13.0. The van der Waals surface area contributed by atoms with E-state index in [1.54, 1.807) is 0 Å². The first-order valence-corrected chi connectivity index (χ1v) is 9.71. The molecule has 5 heteroatoms. The first-order chi connectivity index (χ1) is 13.1. The van der Waals surface area contributed by atoms with Crippen LogP contribution in [-0.4, -0.2) is 28.4 Å². The van der Waals surface area contributed by atoms with Gasteiger partial charge < -0.3 is 10.2 Å². The molecule has 0 bridgehead atoms. The minimum atomic E-state index is -0.118. The fourth-order valence-corrected chi connectivity index (χ4v) is 3.39. The highest BCUT2D eigenvalue weighted by atomic mass is 16.2. The molecular weight excluding hydrogens is 336 g/mol. The molecule has 0 radical (unpaired) electrons. The van der Waals surface area contributed by atoms with E-state index in [2.05, 4.69) is 36.0 Å². The lowest BCUT2D eigenvalue weighted by Crippen LogP contribution is -2.21. The van der Waals surface area contributed by atoms with E-state index in [0.717, 1.165) is 54.2 Å². The Morgan fingerprint density at radius 2 is 1.78 bits per heavy atom. The summed E-state index contributed by atoms with van der Waals surface area (Å²) in [6.45, 7) is 10.3. The summed E-state index contributed by atoms with van der Waals surface area (Å²) in [5.74, 6) is -0.118. The van der Waals surface area contributed by atoms with Crippen LogP contribution in [0.25, 0.3) is 5.65 Å². The zero-order valence-corrected chi connectivity index (χ0v) is 16.6. The Labute approximate surface area is 161 Å². The molecule has 1 aromatic carbocycles. The number of hydrogen-bond acceptors (Lipinski definition) is 3. The average Bonchev–Trinajstić information content (AvgIpc) is 3.01. The van der Waals surface area contributed by atoms with E-state index in [4.69, 9.17) is 0 Å². The van der Waals surface area contributed by atoms with Gasteiger partial charge in [-0.05, 0) is 63.1 Å². The van der Waals surface area contributed by atoms with Crippen LogP contribution in [0.1, 0.15) is 48.9 Å². The molecule has 0 saturated carbocycles. The van der Waals surface area contributed by atoms with Gasteiger partial charge in [-0.1, -0.05) is 19.4 Å². The highest BCUT2D eigenvalue weighted by Crippen LogP contribution is 2.20. The molecule has 5 nitrogen and oxygen atoms in total. The van der Waals surface area contributed by atoms with Crippen LogP contribution in [0, 0.1) is 6.92 Å². The van der Waals surface area contributed by atoms with Crippen molar-refractivity contribution in [2.45, 2.75) is 40.5 Å². The number of carbonyl (C=O) groups excluding carboxylic acids is 1. The minimum Gasteiger partial charge on any atom is -0.372 e. The number of nitrogens with zero attached hydrogens (tertiary/aromatic N) is 3. The van der Waals surface area contributed by atoms with Crippen molar-refractivity contribution in [3.63, 3.8) is 0 Å². The van der Waals surface area contributed by atoms with E-state index in [1.165, 1.54) is 0 Å². The van der Waals surface area contributed by atoms with Crippen LogP contribution in [0.2, 0.25) is 0 Å². The highest BCUT2D eigenvalue weighted by Gasteiger charge is 2.19. The summed E-state index contributed by atoms with van der Waals surface area (Å²) < 4.78 is 1.90. The Kier molecular flexibility index (Phi) is 5.79. The number of fused-ring (bicyclic) bond motifs is 1. The van der Waals surface area contributed by atoms with Gasteiger partial charge in [0.15, 0.2) is 0 Å². The van der Waals surface area contributed by atoms with E-state index in [1.807, 2.05) is 53.9 Å². The van der Waals surface area contributed by atoms with Crippen molar-refractivity contribution in [2.24, 2.45) is 0 Å². The maximum Gasteiger partial charge on any atom is 0.274 e. The minimum absolute atomic E-state index is 0.118. The lowest BCUT2D eigenvalue weighted by molar-refractivity contribution is 0.102. The molecule has 1 amide bonds. The monoisotopic (exact) mass is 364 g/mol. The Morgan fingerprint density at radius 3 is 2.41 bits per heavy atom. The Hall–Kier alpha value is -2.82. The van der Waals surface area contributed by atoms with Crippen molar-refractivity contribution in [3.8, 4) is 0 Å². The van der Waals surface area contributed by atoms with E-state index in [-0.39, 0.29) is 5.91 Å². The summed E-state index contributed by atoms with van der Waals surface area (Å²) in [5, 5.41) is 3.04. The lowest BCUT2D eigenvalue weighted by Gasteiger charge is -2.21. The largest absolute Gasteiger partial charge is 0.372 e. The predicted molar refractivity (Wildman–Crippen MR) is 112 cm³/mol. The number of anilines is 2. The number of nitrogens with one attached hydrogen (secondary N) is 1. The first kappa shape index (κ1) is 19.0. The maximum atomic E-state index is 13.0. The first-order valence-electron chi connectivity index (χ1n) is 9.71. The Balaban J connectivity index is 1.89. The van der Waals surface area contributed by atoms with Crippen LogP contribution in [0.5, 0.6) is 0 Å². The fraction of sp³-hybridized carbons (Fsp3) is 0.364. The van der Waals surface area contributed by atoms with Crippen molar-refractivity contribution in [1.29, 1.82) is 0 Å². The van der Waals surface area contributed by atoms with Crippen LogP contribution >= 0.6 is 0 Å². The molecular formula is C22H28N4O.